The van der Waals surface area contributed by atoms with Crippen molar-refractivity contribution in [1.82, 2.24) is 0 Å². The van der Waals surface area contributed by atoms with Crippen LogP contribution in [0.3, 0.4) is 0 Å². The van der Waals surface area contributed by atoms with Crippen molar-refractivity contribution in [3.63, 3.8) is 0 Å². The second kappa shape index (κ2) is 6.35. The molecule has 120 valence electrons. The SMILES string of the molecule is CCOC(=O)C(=O)c1ccc(OC)c(OC2CS(=O)(=O)C2)c1. The first-order valence-corrected chi connectivity index (χ1v) is 8.45. The van der Waals surface area contributed by atoms with Crippen LogP contribution < -0.4 is 9.47 Å². The molecule has 1 aromatic carbocycles. The number of sulfone groups is 1. The summed E-state index contributed by atoms with van der Waals surface area (Å²) in [7, 11) is -1.60. The van der Waals surface area contributed by atoms with Gasteiger partial charge in [-0.3, -0.25) is 4.79 Å². The lowest BCUT2D eigenvalue weighted by Crippen LogP contribution is -2.45. The second-order valence-corrected chi connectivity index (χ2v) is 6.89. The Morgan fingerprint density at radius 1 is 1.23 bits per heavy atom. The normalized spacial score (nSPS) is 16.5. The number of Topliss-reactive ketones (excluding diaryl/α,β-unsaturated/α-hetero) is 1. The number of hydrogen-bond donors (Lipinski definition) is 0. The molecule has 8 heteroatoms. The molecule has 7 nitrogen and oxygen atoms in total. The van der Waals surface area contributed by atoms with Gasteiger partial charge in [0.2, 0.25) is 0 Å². The van der Waals surface area contributed by atoms with Gasteiger partial charge in [0.25, 0.3) is 5.78 Å². The largest absolute Gasteiger partial charge is 0.493 e. The molecule has 0 bridgehead atoms. The van der Waals surface area contributed by atoms with Gasteiger partial charge in [-0.05, 0) is 25.1 Å². The number of esters is 1. The van der Waals surface area contributed by atoms with Crippen molar-refractivity contribution in [2.24, 2.45) is 0 Å². The number of carbonyl (C=O) groups excluding carboxylic acids is 2. The highest BCUT2D eigenvalue weighted by atomic mass is 32.2. The van der Waals surface area contributed by atoms with E-state index in [1.807, 2.05) is 0 Å². The first kappa shape index (κ1) is 16.3. The molecule has 1 heterocycles. The maximum absolute atomic E-state index is 11.9. The minimum Gasteiger partial charge on any atom is -0.493 e. The van der Waals surface area contributed by atoms with E-state index in [1.54, 1.807) is 6.92 Å². The van der Waals surface area contributed by atoms with Gasteiger partial charge in [-0.2, -0.15) is 0 Å². The van der Waals surface area contributed by atoms with Crippen molar-refractivity contribution in [3.8, 4) is 11.5 Å². The summed E-state index contributed by atoms with van der Waals surface area (Å²) in [5.74, 6) is -1.33. The molecular formula is C14H16O7S. The molecule has 0 aliphatic carbocycles. The number of methoxy groups -OCH3 is 1. The molecule has 1 aromatic rings. The zero-order valence-electron chi connectivity index (χ0n) is 12.2. The van der Waals surface area contributed by atoms with Gasteiger partial charge in [0.05, 0.1) is 25.2 Å². The first-order chi connectivity index (χ1) is 10.4. The van der Waals surface area contributed by atoms with E-state index in [9.17, 15) is 18.0 Å². The van der Waals surface area contributed by atoms with Crippen LogP contribution in [0.25, 0.3) is 0 Å². The molecule has 1 fully saturated rings. The van der Waals surface area contributed by atoms with Crippen molar-refractivity contribution in [2.75, 3.05) is 25.2 Å². The first-order valence-electron chi connectivity index (χ1n) is 6.63. The molecule has 0 N–H and O–H groups in total. The summed E-state index contributed by atoms with van der Waals surface area (Å²) in [6, 6.07) is 4.25. The van der Waals surface area contributed by atoms with E-state index in [2.05, 4.69) is 4.74 Å². The van der Waals surface area contributed by atoms with E-state index in [0.717, 1.165) is 0 Å². The number of rotatable bonds is 6. The molecule has 1 saturated heterocycles. The lowest BCUT2D eigenvalue weighted by molar-refractivity contribution is -0.137. The smallest absolute Gasteiger partial charge is 0.379 e. The van der Waals surface area contributed by atoms with E-state index in [4.69, 9.17) is 9.47 Å². The van der Waals surface area contributed by atoms with Gasteiger partial charge in [0.1, 0.15) is 6.10 Å². The number of ketones is 1. The van der Waals surface area contributed by atoms with Crippen molar-refractivity contribution < 1.29 is 32.2 Å². The van der Waals surface area contributed by atoms with Gasteiger partial charge >= 0.3 is 5.97 Å². The van der Waals surface area contributed by atoms with Gasteiger partial charge in [-0.15, -0.1) is 0 Å². The third kappa shape index (κ3) is 3.56. The van der Waals surface area contributed by atoms with Crippen LogP contribution in [0.5, 0.6) is 11.5 Å². The summed E-state index contributed by atoms with van der Waals surface area (Å²) < 4.78 is 37.6. The Bertz CT molecular complexity index is 681. The predicted molar refractivity (Wildman–Crippen MR) is 77.0 cm³/mol. The van der Waals surface area contributed by atoms with Crippen LogP contribution in [0.1, 0.15) is 17.3 Å². The van der Waals surface area contributed by atoms with Gasteiger partial charge in [-0.1, -0.05) is 0 Å². The van der Waals surface area contributed by atoms with Crippen LogP contribution in [0.15, 0.2) is 18.2 Å². The number of carbonyl (C=O) groups is 2. The Morgan fingerprint density at radius 2 is 1.91 bits per heavy atom. The second-order valence-electron chi connectivity index (χ2n) is 4.73. The summed E-state index contributed by atoms with van der Waals surface area (Å²) in [6.07, 6.45) is -0.480. The summed E-state index contributed by atoms with van der Waals surface area (Å²) in [5.41, 5.74) is 0.0939. The van der Waals surface area contributed by atoms with Crippen LogP contribution in [0.4, 0.5) is 0 Å². The third-order valence-electron chi connectivity index (χ3n) is 3.06. The molecule has 1 aliphatic rings. The summed E-state index contributed by atoms with van der Waals surface area (Å²) in [4.78, 5) is 23.4. The fourth-order valence-electron chi connectivity index (χ4n) is 1.99. The van der Waals surface area contributed by atoms with Crippen molar-refractivity contribution in [3.05, 3.63) is 23.8 Å². The molecule has 0 unspecified atom stereocenters. The van der Waals surface area contributed by atoms with Gasteiger partial charge in [-0.25, -0.2) is 13.2 Å². The average molecular weight is 328 g/mol. The number of hydrogen-bond acceptors (Lipinski definition) is 7. The van der Waals surface area contributed by atoms with E-state index < -0.39 is 27.7 Å². The van der Waals surface area contributed by atoms with Crippen LogP contribution in [0, 0.1) is 0 Å². The Morgan fingerprint density at radius 3 is 2.45 bits per heavy atom. The third-order valence-corrected chi connectivity index (χ3v) is 4.82. The van der Waals surface area contributed by atoms with E-state index in [0.29, 0.717) is 5.75 Å². The van der Waals surface area contributed by atoms with E-state index >= 15 is 0 Å². The zero-order valence-corrected chi connectivity index (χ0v) is 13.0. The maximum atomic E-state index is 11.9. The fourth-order valence-corrected chi connectivity index (χ4v) is 3.16. The Hall–Kier alpha value is -2.09. The van der Waals surface area contributed by atoms with Gasteiger partial charge in [0, 0.05) is 5.56 Å². The lowest BCUT2D eigenvalue weighted by Gasteiger charge is -2.27. The monoisotopic (exact) mass is 328 g/mol. The van der Waals surface area contributed by atoms with Crippen molar-refractivity contribution in [1.29, 1.82) is 0 Å². The predicted octanol–water partition coefficient (Wildman–Crippen LogP) is 0.617. The van der Waals surface area contributed by atoms with Crippen molar-refractivity contribution in [2.45, 2.75) is 13.0 Å². The Balaban J connectivity index is 2.19. The van der Waals surface area contributed by atoms with E-state index in [-0.39, 0.29) is 29.4 Å². The highest BCUT2D eigenvalue weighted by Crippen LogP contribution is 2.31. The number of ether oxygens (including phenoxy) is 3. The van der Waals surface area contributed by atoms with Crippen LogP contribution >= 0.6 is 0 Å². The average Bonchev–Trinajstić information content (AvgIpc) is 2.44. The zero-order chi connectivity index (χ0) is 16.3. The summed E-state index contributed by atoms with van der Waals surface area (Å²) in [6.45, 7) is 1.70. The van der Waals surface area contributed by atoms with Gasteiger partial charge < -0.3 is 14.2 Å². The maximum Gasteiger partial charge on any atom is 0.379 e. The molecule has 0 aromatic heterocycles. The minimum atomic E-state index is -3.02. The molecule has 1 aliphatic heterocycles. The standard InChI is InChI=1S/C14H16O7S/c1-3-20-14(16)13(15)9-4-5-11(19-2)12(6-9)21-10-7-22(17,18)8-10/h4-6,10H,3,7-8H2,1-2H3. The molecule has 2 rings (SSSR count). The Labute approximate surface area is 128 Å². The molecule has 0 spiro atoms. The number of benzene rings is 1. The van der Waals surface area contributed by atoms with Gasteiger partial charge in [0.15, 0.2) is 21.3 Å². The summed E-state index contributed by atoms with van der Waals surface area (Å²) in [5, 5.41) is 0. The Kier molecular flexibility index (Phi) is 4.70. The minimum absolute atomic E-state index is 0.0772. The molecule has 0 amide bonds. The molecule has 0 radical (unpaired) electrons. The highest BCUT2D eigenvalue weighted by Gasteiger charge is 2.36. The fraction of sp³-hybridized carbons (Fsp3) is 0.429. The van der Waals surface area contributed by atoms with Crippen LogP contribution in [-0.2, 0) is 19.4 Å². The molecule has 0 saturated carbocycles. The van der Waals surface area contributed by atoms with Crippen LogP contribution in [0.2, 0.25) is 0 Å². The lowest BCUT2D eigenvalue weighted by atomic mass is 10.1. The quantitative estimate of drug-likeness (QED) is 0.429. The summed E-state index contributed by atoms with van der Waals surface area (Å²) >= 11 is 0. The highest BCUT2D eigenvalue weighted by molar-refractivity contribution is 7.92. The van der Waals surface area contributed by atoms with E-state index in [1.165, 1.54) is 25.3 Å². The molecular weight excluding hydrogens is 312 g/mol. The topological polar surface area (TPSA) is 96.0 Å². The van der Waals surface area contributed by atoms with Crippen LogP contribution in [-0.4, -0.2) is 51.5 Å². The van der Waals surface area contributed by atoms with Crippen molar-refractivity contribution >= 4 is 21.6 Å². The molecule has 0 atom stereocenters. The molecule has 22 heavy (non-hydrogen) atoms.